The van der Waals surface area contributed by atoms with E-state index >= 15 is 0 Å². The lowest BCUT2D eigenvalue weighted by Gasteiger charge is -2.09. The van der Waals surface area contributed by atoms with Gasteiger partial charge in [-0.3, -0.25) is 0 Å². The molecule has 2 aromatic rings. The van der Waals surface area contributed by atoms with Gasteiger partial charge in [0, 0.05) is 6.42 Å². The molecule has 0 aromatic heterocycles. The number of methoxy groups -OCH3 is 1. The summed E-state index contributed by atoms with van der Waals surface area (Å²) in [6, 6.07) is 18.7. The molecular formula is C16H16N2O. The normalized spacial score (nSPS) is 17.7. The monoisotopic (exact) mass is 252 g/mol. The maximum atomic E-state index is 5.17. The molecule has 3 nitrogen and oxygen atoms in total. The van der Waals surface area contributed by atoms with Gasteiger partial charge in [-0.25, -0.2) is 0 Å². The van der Waals surface area contributed by atoms with E-state index < -0.39 is 0 Å². The first kappa shape index (κ1) is 11.8. The van der Waals surface area contributed by atoms with Gasteiger partial charge in [-0.2, -0.15) is 5.10 Å². The van der Waals surface area contributed by atoms with E-state index in [4.69, 9.17) is 4.74 Å². The first-order valence-corrected chi connectivity index (χ1v) is 6.38. The molecule has 1 unspecified atom stereocenters. The average Bonchev–Trinajstić information content (AvgIpc) is 2.98. The Balaban J connectivity index is 1.74. The van der Waals surface area contributed by atoms with E-state index in [1.54, 1.807) is 7.11 Å². The predicted octanol–water partition coefficient (Wildman–Crippen LogP) is 3.13. The maximum absolute atomic E-state index is 5.17. The molecule has 0 aliphatic carbocycles. The summed E-state index contributed by atoms with van der Waals surface area (Å²) >= 11 is 0. The Kier molecular flexibility index (Phi) is 3.19. The van der Waals surface area contributed by atoms with Crippen LogP contribution in [0.3, 0.4) is 0 Å². The molecule has 0 saturated carbocycles. The topological polar surface area (TPSA) is 33.6 Å². The van der Waals surface area contributed by atoms with Crippen LogP contribution in [-0.4, -0.2) is 12.8 Å². The molecule has 1 N–H and O–H groups in total. The predicted molar refractivity (Wildman–Crippen MR) is 76.5 cm³/mol. The molecule has 3 heteroatoms. The second-order valence-corrected chi connectivity index (χ2v) is 4.58. The van der Waals surface area contributed by atoms with Gasteiger partial charge < -0.3 is 10.2 Å². The Hall–Kier alpha value is -2.29. The van der Waals surface area contributed by atoms with Crippen molar-refractivity contribution in [2.45, 2.75) is 12.5 Å². The molecule has 1 aliphatic heterocycles. The van der Waals surface area contributed by atoms with Crippen LogP contribution in [0.2, 0.25) is 0 Å². The summed E-state index contributed by atoms with van der Waals surface area (Å²) in [5, 5.41) is 4.45. The summed E-state index contributed by atoms with van der Waals surface area (Å²) in [4.78, 5) is 0. The number of hydrazone groups is 1. The zero-order chi connectivity index (χ0) is 13.1. The van der Waals surface area contributed by atoms with Gasteiger partial charge in [0.1, 0.15) is 5.75 Å². The van der Waals surface area contributed by atoms with E-state index in [1.807, 2.05) is 30.3 Å². The third-order valence-electron chi connectivity index (χ3n) is 3.38. The molecule has 1 atom stereocenters. The van der Waals surface area contributed by atoms with Gasteiger partial charge in [0.25, 0.3) is 0 Å². The quantitative estimate of drug-likeness (QED) is 0.910. The number of nitrogens with zero attached hydrogens (tertiary/aromatic N) is 1. The highest BCUT2D eigenvalue weighted by atomic mass is 16.5. The SMILES string of the molecule is COc1ccc(C2=NNC(c3ccccc3)C2)cc1. The van der Waals surface area contributed by atoms with Crippen LogP contribution in [0.25, 0.3) is 0 Å². The van der Waals surface area contributed by atoms with Gasteiger partial charge in [0.15, 0.2) is 0 Å². The van der Waals surface area contributed by atoms with Crippen molar-refractivity contribution in [3.05, 3.63) is 65.7 Å². The Labute approximate surface area is 112 Å². The maximum Gasteiger partial charge on any atom is 0.118 e. The average molecular weight is 252 g/mol. The van der Waals surface area contributed by atoms with Crippen LogP contribution in [0.4, 0.5) is 0 Å². The summed E-state index contributed by atoms with van der Waals surface area (Å²) in [6.07, 6.45) is 0.913. The Bertz CT molecular complexity index is 575. The summed E-state index contributed by atoms with van der Waals surface area (Å²) in [6.45, 7) is 0. The van der Waals surface area contributed by atoms with Crippen LogP contribution in [0, 0.1) is 0 Å². The third kappa shape index (κ3) is 2.45. The molecule has 3 rings (SSSR count). The minimum Gasteiger partial charge on any atom is -0.497 e. The lowest BCUT2D eigenvalue weighted by atomic mass is 9.99. The van der Waals surface area contributed by atoms with E-state index in [2.05, 4.69) is 34.8 Å². The second kappa shape index (κ2) is 5.14. The molecule has 0 radical (unpaired) electrons. The van der Waals surface area contributed by atoms with Crippen molar-refractivity contribution in [3.8, 4) is 5.75 Å². The molecule has 0 bridgehead atoms. The van der Waals surface area contributed by atoms with Gasteiger partial charge in [0.05, 0.1) is 18.9 Å². The smallest absolute Gasteiger partial charge is 0.118 e. The van der Waals surface area contributed by atoms with Crippen LogP contribution < -0.4 is 10.2 Å². The summed E-state index contributed by atoms with van der Waals surface area (Å²) in [5.74, 6) is 0.870. The second-order valence-electron chi connectivity index (χ2n) is 4.58. The first-order chi connectivity index (χ1) is 9.36. The zero-order valence-electron chi connectivity index (χ0n) is 10.8. The molecule has 0 spiro atoms. The largest absolute Gasteiger partial charge is 0.497 e. The van der Waals surface area contributed by atoms with E-state index in [9.17, 15) is 0 Å². The minimum atomic E-state index is 0.276. The van der Waals surface area contributed by atoms with Crippen molar-refractivity contribution in [3.63, 3.8) is 0 Å². The van der Waals surface area contributed by atoms with Crippen molar-refractivity contribution in [2.24, 2.45) is 5.10 Å². The highest BCUT2D eigenvalue weighted by Gasteiger charge is 2.20. The van der Waals surface area contributed by atoms with Crippen molar-refractivity contribution in [2.75, 3.05) is 7.11 Å². The van der Waals surface area contributed by atoms with Crippen molar-refractivity contribution >= 4 is 5.71 Å². The van der Waals surface area contributed by atoms with Crippen LogP contribution >= 0.6 is 0 Å². The van der Waals surface area contributed by atoms with Crippen LogP contribution in [0.15, 0.2) is 59.7 Å². The van der Waals surface area contributed by atoms with Gasteiger partial charge in [-0.05, 0) is 35.4 Å². The fraction of sp³-hybridized carbons (Fsp3) is 0.188. The summed E-state index contributed by atoms with van der Waals surface area (Å²) in [7, 11) is 1.68. The number of benzene rings is 2. The zero-order valence-corrected chi connectivity index (χ0v) is 10.8. The molecule has 0 saturated heterocycles. The molecule has 0 fully saturated rings. The van der Waals surface area contributed by atoms with Gasteiger partial charge in [0.2, 0.25) is 0 Å². The lowest BCUT2D eigenvalue weighted by molar-refractivity contribution is 0.415. The molecule has 19 heavy (non-hydrogen) atoms. The molecule has 2 aromatic carbocycles. The summed E-state index contributed by atoms with van der Waals surface area (Å²) < 4.78 is 5.17. The van der Waals surface area contributed by atoms with Crippen LogP contribution in [0.5, 0.6) is 5.75 Å². The van der Waals surface area contributed by atoms with Crippen molar-refractivity contribution < 1.29 is 4.74 Å². The highest BCUT2D eigenvalue weighted by Crippen LogP contribution is 2.24. The van der Waals surface area contributed by atoms with E-state index in [0.717, 1.165) is 23.4 Å². The standard InChI is InChI=1S/C16H16N2O/c1-19-14-9-7-13(8-10-14)16-11-15(17-18-16)12-5-3-2-4-6-12/h2-10,15,17H,11H2,1H3. The van der Waals surface area contributed by atoms with Gasteiger partial charge in [-0.1, -0.05) is 30.3 Å². The molecular weight excluding hydrogens is 236 g/mol. The molecule has 96 valence electrons. The minimum absolute atomic E-state index is 0.276. The van der Waals surface area contributed by atoms with Crippen LogP contribution in [0.1, 0.15) is 23.6 Å². The number of hydrogen-bond donors (Lipinski definition) is 1. The first-order valence-electron chi connectivity index (χ1n) is 6.38. The molecule has 1 heterocycles. The fourth-order valence-corrected chi connectivity index (χ4v) is 2.28. The van der Waals surface area contributed by atoms with Crippen molar-refractivity contribution in [1.82, 2.24) is 5.43 Å². The van der Waals surface area contributed by atoms with E-state index in [0.29, 0.717) is 0 Å². The summed E-state index contributed by atoms with van der Waals surface area (Å²) in [5.41, 5.74) is 6.72. The Morgan fingerprint density at radius 3 is 2.47 bits per heavy atom. The number of hydrogen-bond acceptors (Lipinski definition) is 3. The molecule has 1 aliphatic rings. The van der Waals surface area contributed by atoms with Crippen LogP contribution in [-0.2, 0) is 0 Å². The highest BCUT2D eigenvalue weighted by molar-refractivity contribution is 6.01. The Morgan fingerprint density at radius 2 is 1.79 bits per heavy atom. The van der Waals surface area contributed by atoms with Gasteiger partial charge in [-0.15, -0.1) is 0 Å². The lowest BCUT2D eigenvalue weighted by Crippen LogP contribution is -2.09. The van der Waals surface area contributed by atoms with Gasteiger partial charge >= 0.3 is 0 Å². The Morgan fingerprint density at radius 1 is 1.05 bits per heavy atom. The number of rotatable bonds is 3. The molecule has 0 amide bonds. The fourth-order valence-electron chi connectivity index (χ4n) is 2.28. The van der Waals surface area contributed by atoms with E-state index in [1.165, 1.54) is 5.56 Å². The number of nitrogens with one attached hydrogen (secondary N) is 1. The third-order valence-corrected chi connectivity index (χ3v) is 3.38. The van der Waals surface area contributed by atoms with E-state index in [-0.39, 0.29) is 6.04 Å². The van der Waals surface area contributed by atoms with Crippen molar-refractivity contribution in [1.29, 1.82) is 0 Å². The number of ether oxygens (including phenoxy) is 1.